The number of rotatable bonds is 4. The summed E-state index contributed by atoms with van der Waals surface area (Å²) in [5.41, 5.74) is 0.848. The first kappa shape index (κ1) is 13.1. The van der Waals surface area contributed by atoms with Crippen LogP contribution in [0.2, 0.25) is 0 Å². The molecule has 1 aliphatic heterocycles. The van der Waals surface area contributed by atoms with Gasteiger partial charge < -0.3 is 14.8 Å². The number of benzene rings is 1. The van der Waals surface area contributed by atoms with E-state index in [1.54, 1.807) is 0 Å². The molecule has 1 aromatic carbocycles. The molecule has 6 heteroatoms. The number of cyclic esters (lactones) is 2. The molecule has 1 heterocycles. The number of hydrogen-bond donors (Lipinski definition) is 1. The minimum absolute atomic E-state index is 0.125. The van der Waals surface area contributed by atoms with Gasteiger partial charge in [-0.15, -0.1) is 0 Å². The lowest BCUT2D eigenvalue weighted by atomic mass is 10.0. The van der Waals surface area contributed by atoms with Gasteiger partial charge >= 0.3 is 18.0 Å². The van der Waals surface area contributed by atoms with Crippen molar-refractivity contribution in [2.75, 3.05) is 0 Å². The van der Waals surface area contributed by atoms with Crippen LogP contribution in [-0.4, -0.2) is 24.1 Å². The monoisotopic (exact) mass is 263 g/mol. The predicted octanol–water partition coefficient (Wildman–Crippen LogP) is 1.00. The van der Waals surface area contributed by atoms with Gasteiger partial charge in [-0.3, -0.25) is 4.79 Å². The van der Waals surface area contributed by atoms with Gasteiger partial charge in [0, 0.05) is 0 Å². The van der Waals surface area contributed by atoms with E-state index in [4.69, 9.17) is 4.74 Å². The summed E-state index contributed by atoms with van der Waals surface area (Å²) in [6.45, 7) is 1.63. The molecule has 1 fully saturated rings. The molecule has 1 aliphatic rings. The Morgan fingerprint density at radius 1 is 1.37 bits per heavy atom. The summed E-state index contributed by atoms with van der Waals surface area (Å²) < 4.78 is 9.40. The summed E-state index contributed by atoms with van der Waals surface area (Å²) in [7, 11) is 0. The first-order valence-electron chi connectivity index (χ1n) is 5.80. The summed E-state index contributed by atoms with van der Waals surface area (Å²) in [5.74, 6) is -2.11. The van der Waals surface area contributed by atoms with E-state index in [1.807, 2.05) is 30.3 Å². The summed E-state index contributed by atoms with van der Waals surface area (Å²) >= 11 is 0. The Morgan fingerprint density at radius 2 is 2.05 bits per heavy atom. The maximum Gasteiger partial charge on any atom is 0.415 e. The van der Waals surface area contributed by atoms with E-state index < -0.39 is 30.0 Å². The number of amides is 1. The number of nitrogens with one attached hydrogen (secondary N) is 1. The first-order valence-corrected chi connectivity index (χ1v) is 5.80. The van der Waals surface area contributed by atoms with Gasteiger partial charge in [-0.2, -0.15) is 0 Å². The Balaban J connectivity index is 1.89. The molecule has 100 valence electrons. The van der Waals surface area contributed by atoms with E-state index in [-0.39, 0.29) is 6.61 Å². The second kappa shape index (κ2) is 5.51. The lowest BCUT2D eigenvalue weighted by Gasteiger charge is -2.14. The van der Waals surface area contributed by atoms with Gasteiger partial charge in [-0.25, -0.2) is 9.59 Å². The van der Waals surface area contributed by atoms with E-state index in [1.165, 1.54) is 6.92 Å². The molecule has 1 saturated heterocycles. The van der Waals surface area contributed by atoms with Gasteiger partial charge in [-0.05, 0) is 12.5 Å². The third-order valence-corrected chi connectivity index (χ3v) is 2.82. The van der Waals surface area contributed by atoms with Crippen molar-refractivity contribution in [3.63, 3.8) is 0 Å². The highest BCUT2D eigenvalue weighted by molar-refractivity contribution is 5.98. The number of esters is 2. The Hall–Kier alpha value is -2.37. The molecule has 0 aromatic heterocycles. The van der Waals surface area contributed by atoms with Crippen LogP contribution in [0.5, 0.6) is 0 Å². The first-order chi connectivity index (χ1) is 9.08. The smallest absolute Gasteiger partial charge is 0.415 e. The molecule has 2 rings (SSSR count). The SMILES string of the molecule is CC(C(=O)OCc1ccccc1)[C@@H]1NC(=O)OC1=O. The third kappa shape index (κ3) is 3.09. The van der Waals surface area contributed by atoms with Crippen molar-refractivity contribution in [1.82, 2.24) is 5.32 Å². The van der Waals surface area contributed by atoms with E-state index in [2.05, 4.69) is 10.1 Å². The lowest BCUT2D eigenvalue weighted by molar-refractivity contribution is -0.153. The fourth-order valence-electron chi connectivity index (χ4n) is 1.70. The standard InChI is InChI=1S/C13H13NO5/c1-8(10-12(16)19-13(17)14-10)11(15)18-7-9-5-3-2-4-6-9/h2-6,8,10H,7H2,1H3,(H,14,17)/t8?,10-/m0/s1. The molecule has 0 aliphatic carbocycles. The van der Waals surface area contributed by atoms with E-state index >= 15 is 0 Å². The summed E-state index contributed by atoms with van der Waals surface area (Å²) in [5, 5.41) is 2.27. The number of ether oxygens (including phenoxy) is 2. The maximum absolute atomic E-state index is 11.8. The van der Waals surface area contributed by atoms with Gasteiger partial charge in [0.05, 0.1) is 5.92 Å². The fourth-order valence-corrected chi connectivity index (χ4v) is 1.70. The van der Waals surface area contributed by atoms with Gasteiger partial charge in [-0.1, -0.05) is 30.3 Å². The van der Waals surface area contributed by atoms with Gasteiger partial charge in [0.15, 0.2) is 0 Å². The molecule has 0 radical (unpaired) electrons. The highest BCUT2D eigenvalue weighted by Gasteiger charge is 2.40. The third-order valence-electron chi connectivity index (χ3n) is 2.82. The van der Waals surface area contributed by atoms with Crippen LogP contribution >= 0.6 is 0 Å². The Labute approximate surface area is 109 Å². The molecule has 6 nitrogen and oxygen atoms in total. The Kier molecular flexibility index (Phi) is 3.79. The van der Waals surface area contributed by atoms with E-state index in [0.717, 1.165) is 5.56 Å². The molecule has 2 atom stereocenters. The minimum atomic E-state index is -0.976. The van der Waals surface area contributed by atoms with E-state index in [9.17, 15) is 14.4 Å². The average molecular weight is 263 g/mol. The second-order valence-electron chi connectivity index (χ2n) is 4.21. The lowest BCUT2D eigenvalue weighted by Crippen LogP contribution is -2.39. The Morgan fingerprint density at radius 3 is 2.63 bits per heavy atom. The largest absolute Gasteiger partial charge is 0.461 e. The van der Waals surface area contributed by atoms with Crippen LogP contribution in [0.1, 0.15) is 12.5 Å². The van der Waals surface area contributed by atoms with Crippen molar-refractivity contribution in [2.24, 2.45) is 5.92 Å². The van der Waals surface area contributed by atoms with Crippen molar-refractivity contribution in [2.45, 2.75) is 19.6 Å². The zero-order valence-electron chi connectivity index (χ0n) is 10.3. The van der Waals surface area contributed by atoms with Crippen molar-refractivity contribution in [3.05, 3.63) is 35.9 Å². The molecule has 1 amide bonds. The van der Waals surface area contributed by atoms with Crippen LogP contribution in [-0.2, 0) is 25.7 Å². The second-order valence-corrected chi connectivity index (χ2v) is 4.21. The van der Waals surface area contributed by atoms with Gasteiger partial charge in [0.1, 0.15) is 12.6 Å². The molecular formula is C13H13NO5. The van der Waals surface area contributed by atoms with Crippen LogP contribution in [0, 0.1) is 5.92 Å². The molecular weight excluding hydrogens is 250 g/mol. The van der Waals surface area contributed by atoms with Crippen LogP contribution < -0.4 is 5.32 Å². The highest BCUT2D eigenvalue weighted by atomic mass is 16.6. The molecule has 1 unspecified atom stereocenters. The minimum Gasteiger partial charge on any atom is -0.461 e. The number of carbonyl (C=O) groups is 3. The molecule has 0 bridgehead atoms. The fraction of sp³-hybridized carbons (Fsp3) is 0.308. The summed E-state index contributed by atoms with van der Waals surface area (Å²) in [6, 6.07) is 8.20. The van der Waals surface area contributed by atoms with Gasteiger partial charge in [0.2, 0.25) is 0 Å². The van der Waals surface area contributed by atoms with Crippen LogP contribution in [0.4, 0.5) is 4.79 Å². The molecule has 0 saturated carbocycles. The number of hydrogen-bond acceptors (Lipinski definition) is 5. The summed E-state index contributed by atoms with van der Waals surface area (Å²) in [4.78, 5) is 33.9. The van der Waals surface area contributed by atoms with E-state index in [0.29, 0.717) is 0 Å². The molecule has 19 heavy (non-hydrogen) atoms. The van der Waals surface area contributed by atoms with Crippen LogP contribution in [0.3, 0.4) is 0 Å². The topological polar surface area (TPSA) is 81.7 Å². The van der Waals surface area contributed by atoms with Gasteiger partial charge in [0.25, 0.3) is 0 Å². The highest BCUT2D eigenvalue weighted by Crippen LogP contribution is 2.13. The zero-order chi connectivity index (χ0) is 13.8. The predicted molar refractivity (Wildman–Crippen MR) is 63.8 cm³/mol. The summed E-state index contributed by atoms with van der Waals surface area (Å²) in [6.07, 6.45) is -0.835. The zero-order valence-corrected chi connectivity index (χ0v) is 10.3. The van der Waals surface area contributed by atoms with Crippen molar-refractivity contribution in [3.8, 4) is 0 Å². The normalized spacial score (nSPS) is 19.5. The van der Waals surface area contributed by atoms with Crippen molar-refractivity contribution < 1.29 is 23.9 Å². The van der Waals surface area contributed by atoms with Crippen LogP contribution in [0.25, 0.3) is 0 Å². The maximum atomic E-state index is 11.8. The quantitative estimate of drug-likeness (QED) is 0.647. The molecule has 1 N–H and O–H groups in total. The number of alkyl carbamates (subject to hydrolysis) is 1. The molecule has 1 aromatic rings. The molecule has 0 spiro atoms. The Bertz CT molecular complexity index is 499. The number of carbonyl (C=O) groups excluding carboxylic acids is 3. The average Bonchev–Trinajstić information content (AvgIpc) is 2.75. The van der Waals surface area contributed by atoms with Crippen LogP contribution in [0.15, 0.2) is 30.3 Å². The van der Waals surface area contributed by atoms with Crippen molar-refractivity contribution >= 4 is 18.0 Å². The van der Waals surface area contributed by atoms with Crippen molar-refractivity contribution in [1.29, 1.82) is 0 Å².